The minimum absolute atomic E-state index is 0.0326. The summed E-state index contributed by atoms with van der Waals surface area (Å²) in [6.07, 6.45) is 1.05. The zero-order valence-electron chi connectivity index (χ0n) is 13.8. The lowest BCUT2D eigenvalue weighted by Crippen LogP contribution is -2.50. The predicted octanol–water partition coefficient (Wildman–Crippen LogP) is 4.74. The van der Waals surface area contributed by atoms with Gasteiger partial charge in [-0.2, -0.15) is 0 Å². The number of alkyl halides is 1. The van der Waals surface area contributed by atoms with Gasteiger partial charge in [0.05, 0.1) is 18.6 Å². The number of hydrogen-bond donors (Lipinski definition) is 0. The average molecular weight is 311 g/mol. The molecule has 0 aromatic heterocycles. The van der Waals surface area contributed by atoms with Crippen LogP contribution < -0.4 is 0 Å². The summed E-state index contributed by atoms with van der Waals surface area (Å²) >= 11 is 6.45. The highest BCUT2D eigenvalue weighted by atomic mass is 35.5. The molecule has 1 aliphatic rings. The first-order valence-electron chi connectivity index (χ1n) is 7.76. The summed E-state index contributed by atoms with van der Waals surface area (Å²) in [5.74, 6) is -0.207. The molecule has 1 unspecified atom stereocenters. The topological polar surface area (TPSA) is 18.5 Å². The molecule has 3 heteroatoms. The molecule has 0 aliphatic carbocycles. The van der Waals surface area contributed by atoms with E-state index in [1.54, 1.807) is 0 Å². The zero-order valence-corrected chi connectivity index (χ0v) is 14.5. The smallest absolute Gasteiger partial charge is 0.211 e. The lowest BCUT2D eigenvalue weighted by molar-refractivity contribution is -0.307. The normalized spacial score (nSPS) is 22.2. The fourth-order valence-corrected chi connectivity index (χ4v) is 2.95. The second kappa shape index (κ2) is 6.28. The van der Waals surface area contributed by atoms with Crippen LogP contribution in [-0.2, 0) is 21.7 Å². The van der Waals surface area contributed by atoms with Crippen LogP contribution in [0.25, 0.3) is 0 Å². The molecule has 0 amide bonds. The molecule has 0 N–H and O–H groups in total. The summed E-state index contributed by atoms with van der Waals surface area (Å²) in [6.45, 7) is 12.0. The fourth-order valence-electron chi connectivity index (χ4n) is 2.70. The third kappa shape index (κ3) is 3.80. The van der Waals surface area contributed by atoms with E-state index in [0.29, 0.717) is 19.1 Å². The van der Waals surface area contributed by atoms with Crippen LogP contribution >= 0.6 is 11.6 Å². The molecule has 2 rings (SSSR count). The molecule has 1 fully saturated rings. The van der Waals surface area contributed by atoms with Crippen LogP contribution in [0.3, 0.4) is 0 Å². The van der Waals surface area contributed by atoms with Gasteiger partial charge in [0.1, 0.15) is 0 Å². The van der Waals surface area contributed by atoms with Gasteiger partial charge in [-0.25, -0.2) is 0 Å². The van der Waals surface area contributed by atoms with Gasteiger partial charge in [-0.05, 0) is 24.8 Å². The number of benzene rings is 1. The number of rotatable bonds is 4. The summed E-state index contributed by atoms with van der Waals surface area (Å²) in [4.78, 5) is 0. The SMILES string of the molecule is CC(C)Cc1cccc(C2(C(C)Cl)OCC(C)(C)CO2)c1. The quantitative estimate of drug-likeness (QED) is 0.748. The van der Waals surface area contributed by atoms with Crippen LogP contribution in [0.4, 0.5) is 0 Å². The molecule has 1 aliphatic heterocycles. The summed E-state index contributed by atoms with van der Waals surface area (Å²) in [6, 6.07) is 8.46. The van der Waals surface area contributed by atoms with E-state index in [9.17, 15) is 0 Å². The van der Waals surface area contributed by atoms with E-state index < -0.39 is 5.79 Å². The molecule has 1 aromatic rings. The second-order valence-corrected chi connectivity index (χ2v) is 7.98. The Morgan fingerprint density at radius 3 is 2.29 bits per heavy atom. The molecule has 0 spiro atoms. The molecule has 21 heavy (non-hydrogen) atoms. The van der Waals surface area contributed by atoms with Crippen molar-refractivity contribution in [2.75, 3.05) is 13.2 Å². The highest BCUT2D eigenvalue weighted by Crippen LogP contribution is 2.41. The van der Waals surface area contributed by atoms with Crippen LogP contribution in [-0.4, -0.2) is 18.6 Å². The zero-order chi connectivity index (χ0) is 15.7. The Labute approximate surface area is 133 Å². The molecular weight excluding hydrogens is 284 g/mol. The second-order valence-electron chi connectivity index (χ2n) is 7.32. The molecule has 118 valence electrons. The molecule has 0 bridgehead atoms. The molecule has 0 saturated carbocycles. The molecule has 1 atom stereocenters. The van der Waals surface area contributed by atoms with Crippen LogP contribution in [0.15, 0.2) is 24.3 Å². The van der Waals surface area contributed by atoms with E-state index in [0.717, 1.165) is 12.0 Å². The maximum absolute atomic E-state index is 6.45. The maximum Gasteiger partial charge on any atom is 0.211 e. The predicted molar refractivity (Wildman–Crippen MR) is 87.7 cm³/mol. The van der Waals surface area contributed by atoms with E-state index in [2.05, 4.69) is 52.0 Å². The van der Waals surface area contributed by atoms with E-state index in [-0.39, 0.29) is 10.8 Å². The van der Waals surface area contributed by atoms with Crippen molar-refractivity contribution in [1.82, 2.24) is 0 Å². The Hall–Kier alpha value is -0.570. The van der Waals surface area contributed by atoms with Crippen LogP contribution in [0.2, 0.25) is 0 Å². The van der Waals surface area contributed by atoms with Gasteiger partial charge in [-0.1, -0.05) is 52.0 Å². The highest BCUT2D eigenvalue weighted by Gasteiger charge is 2.45. The summed E-state index contributed by atoms with van der Waals surface area (Å²) < 4.78 is 12.3. The van der Waals surface area contributed by atoms with Gasteiger partial charge in [0.2, 0.25) is 5.79 Å². The number of hydrogen-bond acceptors (Lipinski definition) is 2. The summed E-state index contributed by atoms with van der Waals surface area (Å²) in [5.41, 5.74) is 2.36. The van der Waals surface area contributed by atoms with Gasteiger partial charge in [-0.3, -0.25) is 0 Å². The highest BCUT2D eigenvalue weighted by molar-refractivity contribution is 6.21. The number of ether oxygens (including phenoxy) is 2. The lowest BCUT2D eigenvalue weighted by Gasteiger charge is -2.45. The Morgan fingerprint density at radius 2 is 1.76 bits per heavy atom. The third-order valence-electron chi connectivity index (χ3n) is 3.85. The monoisotopic (exact) mass is 310 g/mol. The molecule has 2 nitrogen and oxygen atoms in total. The minimum Gasteiger partial charge on any atom is -0.344 e. The van der Waals surface area contributed by atoms with Crippen molar-refractivity contribution in [3.8, 4) is 0 Å². The molecule has 0 radical (unpaired) electrons. The van der Waals surface area contributed by atoms with Gasteiger partial charge in [0.15, 0.2) is 0 Å². The van der Waals surface area contributed by atoms with Crippen molar-refractivity contribution < 1.29 is 9.47 Å². The molecule has 1 aromatic carbocycles. The van der Waals surface area contributed by atoms with Crippen molar-refractivity contribution >= 4 is 11.6 Å². The Kier molecular flexibility index (Phi) is 5.02. The van der Waals surface area contributed by atoms with Gasteiger partial charge in [0.25, 0.3) is 0 Å². The van der Waals surface area contributed by atoms with Crippen molar-refractivity contribution in [3.05, 3.63) is 35.4 Å². The summed E-state index contributed by atoms with van der Waals surface area (Å²) in [7, 11) is 0. The first-order valence-corrected chi connectivity index (χ1v) is 8.20. The van der Waals surface area contributed by atoms with Gasteiger partial charge in [-0.15, -0.1) is 11.6 Å². The first kappa shape index (κ1) is 16.8. The van der Waals surface area contributed by atoms with Crippen molar-refractivity contribution in [3.63, 3.8) is 0 Å². The standard InChI is InChI=1S/C18H27ClO2/c1-13(2)9-15-7-6-8-16(10-15)18(14(3)19)20-11-17(4,5)12-21-18/h6-8,10,13-14H,9,11-12H2,1-5H3. The third-order valence-corrected chi connectivity index (χ3v) is 4.14. The lowest BCUT2D eigenvalue weighted by atomic mass is 9.91. The van der Waals surface area contributed by atoms with Gasteiger partial charge in [0, 0.05) is 11.0 Å². The Bertz CT molecular complexity index is 470. The molecular formula is C18H27ClO2. The van der Waals surface area contributed by atoms with Gasteiger partial charge < -0.3 is 9.47 Å². The summed E-state index contributed by atoms with van der Waals surface area (Å²) in [5, 5.41) is -0.247. The van der Waals surface area contributed by atoms with Crippen LogP contribution in [0.5, 0.6) is 0 Å². The van der Waals surface area contributed by atoms with Crippen LogP contribution in [0.1, 0.15) is 45.7 Å². The van der Waals surface area contributed by atoms with Crippen LogP contribution in [0, 0.1) is 11.3 Å². The van der Waals surface area contributed by atoms with Crippen molar-refractivity contribution in [2.45, 2.75) is 52.2 Å². The van der Waals surface area contributed by atoms with E-state index in [1.807, 2.05) is 6.92 Å². The molecule has 1 saturated heterocycles. The van der Waals surface area contributed by atoms with E-state index >= 15 is 0 Å². The first-order chi connectivity index (χ1) is 9.75. The Morgan fingerprint density at radius 1 is 1.14 bits per heavy atom. The van der Waals surface area contributed by atoms with E-state index in [4.69, 9.17) is 21.1 Å². The Balaban J connectivity index is 2.31. The minimum atomic E-state index is -0.829. The fraction of sp³-hybridized carbons (Fsp3) is 0.667. The molecule has 1 heterocycles. The van der Waals surface area contributed by atoms with Gasteiger partial charge >= 0.3 is 0 Å². The average Bonchev–Trinajstić information content (AvgIpc) is 2.38. The maximum atomic E-state index is 6.45. The largest absolute Gasteiger partial charge is 0.344 e. The van der Waals surface area contributed by atoms with E-state index in [1.165, 1.54) is 5.56 Å². The number of halogens is 1. The van der Waals surface area contributed by atoms with Crippen molar-refractivity contribution in [1.29, 1.82) is 0 Å². The van der Waals surface area contributed by atoms with Crippen molar-refractivity contribution in [2.24, 2.45) is 11.3 Å².